The molecule has 0 amide bonds. The van der Waals surface area contributed by atoms with E-state index in [1.54, 1.807) is 24.3 Å². The van der Waals surface area contributed by atoms with Gasteiger partial charge in [0.2, 0.25) is 5.82 Å². The van der Waals surface area contributed by atoms with E-state index in [1.165, 1.54) is 30.6 Å². The molecular formula is C30H20N6O5S. The predicted molar refractivity (Wildman–Crippen MR) is 154 cm³/mol. The Kier molecular flexibility index (Phi) is 5.91. The Bertz CT molecular complexity index is 1830. The third-order valence-corrected chi connectivity index (χ3v) is 7.35. The molecule has 0 fully saturated rings. The summed E-state index contributed by atoms with van der Waals surface area (Å²) in [6.07, 6.45) is 1.28. The van der Waals surface area contributed by atoms with Crippen molar-refractivity contribution in [2.24, 2.45) is 0 Å². The van der Waals surface area contributed by atoms with Crippen LogP contribution in [0.4, 0.5) is 5.69 Å². The number of phenols is 2. The van der Waals surface area contributed by atoms with Crippen LogP contribution in [0.2, 0.25) is 0 Å². The summed E-state index contributed by atoms with van der Waals surface area (Å²) in [4.78, 5) is 13.3. The minimum atomic E-state index is -1.32. The first-order valence-electron chi connectivity index (χ1n) is 12.8. The monoisotopic (exact) mass is 576 g/mol. The molecular weight excluding hydrogens is 556 g/mol. The van der Waals surface area contributed by atoms with Gasteiger partial charge in [-0.1, -0.05) is 30.3 Å². The van der Waals surface area contributed by atoms with Gasteiger partial charge in [0.25, 0.3) is 0 Å². The molecule has 11 nitrogen and oxygen atoms in total. The number of thiocarbonyl (C=S) groups is 1. The predicted octanol–water partition coefficient (Wildman–Crippen LogP) is 4.40. The van der Waals surface area contributed by atoms with Crippen LogP contribution in [0.5, 0.6) is 23.0 Å². The number of hydrogen-bond donors (Lipinski definition) is 4. The Morgan fingerprint density at radius 3 is 2.14 bits per heavy atom. The number of rotatable bonds is 4. The molecule has 12 heteroatoms. The first kappa shape index (κ1) is 25.4. The summed E-state index contributed by atoms with van der Waals surface area (Å²) in [6, 6.07) is 22.2. The molecule has 0 saturated carbocycles. The largest absolute Gasteiger partial charge is 0.508 e. The second-order valence-electron chi connectivity index (χ2n) is 9.67. The topological polar surface area (TPSA) is 152 Å². The Morgan fingerprint density at radius 1 is 0.833 bits per heavy atom. The van der Waals surface area contributed by atoms with E-state index in [1.807, 2.05) is 30.3 Å². The van der Waals surface area contributed by atoms with Gasteiger partial charge in [0.05, 0.1) is 5.56 Å². The highest BCUT2D eigenvalue weighted by molar-refractivity contribution is 7.80. The molecule has 4 aromatic carbocycles. The molecule has 4 N–H and O–H groups in total. The fourth-order valence-corrected chi connectivity index (χ4v) is 5.42. The zero-order valence-corrected chi connectivity index (χ0v) is 22.4. The van der Waals surface area contributed by atoms with Crippen LogP contribution in [-0.2, 0) is 16.9 Å². The maximum absolute atomic E-state index is 13.3. The van der Waals surface area contributed by atoms with Crippen LogP contribution < -0.4 is 15.4 Å². The third kappa shape index (κ3) is 4.21. The van der Waals surface area contributed by atoms with Gasteiger partial charge in [-0.2, -0.15) is 0 Å². The van der Waals surface area contributed by atoms with Gasteiger partial charge in [0.15, 0.2) is 17.0 Å². The molecule has 0 atom stereocenters. The maximum Gasteiger partial charge on any atom is 0.340 e. The van der Waals surface area contributed by atoms with Gasteiger partial charge in [-0.3, -0.25) is 0 Å². The summed E-state index contributed by atoms with van der Waals surface area (Å²) in [5, 5.41) is 42.3. The number of esters is 1. The molecule has 2 aliphatic rings. The van der Waals surface area contributed by atoms with Gasteiger partial charge in [-0.05, 0) is 54.2 Å². The molecule has 3 heterocycles. The van der Waals surface area contributed by atoms with Crippen LogP contribution >= 0.6 is 12.2 Å². The molecule has 0 bridgehead atoms. The van der Waals surface area contributed by atoms with Gasteiger partial charge < -0.3 is 30.3 Å². The molecule has 42 heavy (non-hydrogen) atoms. The van der Waals surface area contributed by atoms with E-state index in [4.69, 9.17) is 21.7 Å². The van der Waals surface area contributed by atoms with Crippen LogP contribution in [-0.4, -0.2) is 41.7 Å². The number of carbonyl (C=O) groups is 1. The Morgan fingerprint density at radius 2 is 1.48 bits per heavy atom. The quantitative estimate of drug-likeness (QED) is 0.177. The van der Waals surface area contributed by atoms with E-state index in [-0.39, 0.29) is 11.5 Å². The number of hydrogen-bond acceptors (Lipinski definition) is 10. The van der Waals surface area contributed by atoms with Gasteiger partial charge in [0, 0.05) is 46.6 Å². The molecule has 7 rings (SSSR count). The second kappa shape index (κ2) is 9.78. The number of anilines is 1. The highest BCUT2D eigenvalue weighted by Crippen LogP contribution is 2.57. The normalized spacial score (nSPS) is 13.8. The minimum absolute atomic E-state index is 0.00614. The number of phenolic OH excluding ortho intramolecular Hbond substituents is 2. The fourth-order valence-electron chi connectivity index (χ4n) is 5.23. The van der Waals surface area contributed by atoms with E-state index in [0.29, 0.717) is 56.9 Å². The van der Waals surface area contributed by atoms with Gasteiger partial charge in [-0.15, -0.1) is 20.4 Å². The summed E-state index contributed by atoms with van der Waals surface area (Å²) in [6.45, 7) is 0.460. The van der Waals surface area contributed by atoms with E-state index in [0.717, 1.165) is 11.1 Å². The van der Waals surface area contributed by atoms with Gasteiger partial charge >= 0.3 is 5.97 Å². The molecule has 2 aliphatic heterocycles. The number of nitrogens with one attached hydrogen (secondary N) is 2. The highest BCUT2D eigenvalue weighted by Gasteiger charge is 2.53. The summed E-state index contributed by atoms with van der Waals surface area (Å²) in [5.41, 5.74) is 3.12. The molecule has 1 spiro atoms. The van der Waals surface area contributed by atoms with E-state index in [9.17, 15) is 15.0 Å². The van der Waals surface area contributed by atoms with Crippen LogP contribution in [0.3, 0.4) is 0 Å². The standard InChI is InChI=1S/C30H20N6O5S/c37-19-6-9-23-25(12-19)40-26-13-20(38)7-10-24(26)30(23)22-8-5-18(11-21(22)28(39)41-30)34-29(42)31-14-16-1-3-17(4-2-16)27-35-32-15-33-36-27/h1-13,15,37-38H,14H2,(H2,31,34,42). The lowest BCUT2D eigenvalue weighted by Crippen LogP contribution is -2.33. The number of benzene rings is 4. The van der Waals surface area contributed by atoms with Crippen LogP contribution in [0.15, 0.2) is 85.2 Å². The molecule has 0 saturated heterocycles. The van der Waals surface area contributed by atoms with Crippen molar-refractivity contribution in [3.05, 3.63) is 113 Å². The fraction of sp³-hybridized carbons (Fsp3) is 0.0667. The lowest BCUT2D eigenvalue weighted by atomic mass is 9.77. The molecule has 5 aromatic rings. The van der Waals surface area contributed by atoms with Crippen molar-refractivity contribution < 1.29 is 24.5 Å². The Balaban J connectivity index is 1.13. The van der Waals surface area contributed by atoms with Crippen LogP contribution in [0.25, 0.3) is 11.4 Å². The molecule has 0 unspecified atom stereocenters. The van der Waals surface area contributed by atoms with Gasteiger partial charge in [-0.25, -0.2) is 4.79 Å². The summed E-state index contributed by atoms with van der Waals surface area (Å²) in [7, 11) is 0. The zero-order valence-electron chi connectivity index (χ0n) is 21.6. The number of fused-ring (bicyclic) bond motifs is 6. The highest BCUT2D eigenvalue weighted by atomic mass is 32.1. The summed E-state index contributed by atoms with van der Waals surface area (Å²) >= 11 is 5.50. The maximum atomic E-state index is 13.3. The number of ether oxygens (including phenoxy) is 2. The SMILES string of the molecule is O=C1OC2(c3ccc(O)cc3Oc3cc(O)ccc32)c2ccc(NC(=S)NCc3ccc(-c4nncnn4)cc3)cc21. The zero-order chi connectivity index (χ0) is 28.8. The molecule has 0 radical (unpaired) electrons. The van der Waals surface area contributed by atoms with E-state index < -0.39 is 11.6 Å². The number of carbonyl (C=O) groups excluding carboxylic acids is 1. The Labute approximate surface area is 243 Å². The molecule has 0 aliphatic carbocycles. The van der Waals surface area contributed by atoms with E-state index in [2.05, 4.69) is 31.0 Å². The van der Waals surface area contributed by atoms with Crippen molar-refractivity contribution in [2.75, 3.05) is 5.32 Å². The number of nitrogens with zero attached hydrogens (tertiary/aromatic N) is 4. The second-order valence-corrected chi connectivity index (χ2v) is 10.1. The van der Waals surface area contributed by atoms with Crippen LogP contribution in [0.1, 0.15) is 32.6 Å². The summed E-state index contributed by atoms with van der Waals surface area (Å²) in [5.74, 6) is 0.537. The average Bonchev–Trinajstić information content (AvgIpc) is 3.28. The van der Waals surface area contributed by atoms with Crippen molar-refractivity contribution >= 4 is 29.0 Å². The molecule has 206 valence electrons. The van der Waals surface area contributed by atoms with Crippen molar-refractivity contribution in [3.8, 4) is 34.4 Å². The molecule has 1 aromatic heterocycles. The summed E-state index contributed by atoms with van der Waals surface area (Å²) < 4.78 is 12.1. The van der Waals surface area contributed by atoms with Crippen molar-refractivity contribution in [1.29, 1.82) is 0 Å². The smallest absolute Gasteiger partial charge is 0.340 e. The lowest BCUT2D eigenvalue weighted by molar-refractivity contribution is 0.0224. The minimum Gasteiger partial charge on any atom is -0.508 e. The van der Waals surface area contributed by atoms with Gasteiger partial charge in [0.1, 0.15) is 23.0 Å². The van der Waals surface area contributed by atoms with Crippen molar-refractivity contribution in [2.45, 2.75) is 12.1 Å². The number of aromatic nitrogens is 4. The number of aromatic hydroxyl groups is 2. The van der Waals surface area contributed by atoms with Crippen LogP contribution in [0, 0.1) is 0 Å². The lowest BCUT2D eigenvalue weighted by Gasteiger charge is -2.36. The first-order chi connectivity index (χ1) is 20.4. The Hall–Kier alpha value is -5.62. The van der Waals surface area contributed by atoms with E-state index >= 15 is 0 Å². The first-order valence-corrected chi connectivity index (χ1v) is 13.2. The van der Waals surface area contributed by atoms with Crippen molar-refractivity contribution in [3.63, 3.8) is 0 Å². The van der Waals surface area contributed by atoms with Crippen molar-refractivity contribution in [1.82, 2.24) is 25.7 Å². The average molecular weight is 577 g/mol. The third-order valence-electron chi connectivity index (χ3n) is 7.10.